The molecule has 0 bridgehead atoms. The van der Waals surface area contributed by atoms with E-state index < -0.39 is 0 Å². The van der Waals surface area contributed by atoms with E-state index in [1.807, 2.05) is 29.8 Å². The Morgan fingerprint density at radius 3 is 2.63 bits per heavy atom. The zero-order valence-corrected chi connectivity index (χ0v) is 17.9. The number of halogens is 2. The molecule has 1 aromatic heterocycles. The van der Waals surface area contributed by atoms with Gasteiger partial charge in [0.1, 0.15) is 5.82 Å². The van der Waals surface area contributed by atoms with Crippen LogP contribution in [0.5, 0.6) is 0 Å². The average molecular weight is 429 g/mol. The number of piperidine rings is 1. The summed E-state index contributed by atoms with van der Waals surface area (Å²) in [6, 6.07) is 12.8. The first-order valence-electron chi connectivity index (χ1n) is 9.96. The summed E-state index contributed by atoms with van der Waals surface area (Å²) in [5, 5.41) is 10.8. The minimum atomic E-state index is -0.336. The van der Waals surface area contributed by atoms with Crippen LogP contribution in [0.15, 0.2) is 48.7 Å². The van der Waals surface area contributed by atoms with Crippen LogP contribution in [0.3, 0.4) is 0 Å². The molecule has 1 fully saturated rings. The Bertz CT molecular complexity index is 1040. The molecule has 30 heavy (non-hydrogen) atoms. The Kier molecular flexibility index (Phi) is 6.90. The van der Waals surface area contributed by atoms with Crippen LogP contribution in [0.4, 0.5) is 10.1 Å². The average Bonchev–Trinajstić information content (AvgIpc) is 3.17. The molecule has 0 unspecified atom stereocenters. The molecule has 7 heteroatoms. The van der Waals surface area contributed by atoms with Crippen molar-refractivity contribution in [2.75, 3.05) is 18.4 Å². The number of hydrogen-bond acceptors (Lipinski definition) is 3. The molecule has 2 heterocycles. The number of hydrogen-bond donors (Lipinski definition) is 2. The number of anilines is 1. The number of carbonyl (C=O) groups excluding carboxylic acids is 1. The smallest absolute Gasteiger partial charge is 0.259 e. The first-order valence-corrected chi connectivity index (χ1v) is 9.96. The van der Waals surface area contributed by atoms with Gasteiger partial charge in [-0.1, -0.05) is 18.2 Å². The van der Waals surface area contributed by atoms with Gasteiger partial charge < -0.3 is 10.6 Å². The van der Waals surface area contributed by atoms with Gasteiger partial charge in [-0.25, -0.2) is 9.07 Å². The number of aromatic nitrogens is 2. The topological polar surface area (TPSA) is 59.0 Å². The third kappa shape index (κ3) is 4.55. The second-order valence-electron chi connectivity index (χ2n) is 7.64. The fourth-order valence-electron chi connectivity index (χ4n) is 3.86. The number of amides is 1. The predicted octanol–water partition coefficient (Wildman–Crippen LogP) is 4.77. The van der Waals surface area contributed by atoms with E-state index in [9.17, 15) is 9.18 Å². The maximum absolute atomic E-state index is 13.9. The van der Waals surface area contributed by atoms with Crippen molar-refractivity contribution >= 4 is 24.0 Å². The monoisotopic (exact) mass is 428 g/mol. The zero-order valence-electron chi connectivity index (χ0n) is 17.1. The molecule has 3 aromatic rings. The highest BCUT2D eigenvalue weighted by Gasteiger charge is 2.27. The van der Waals surface area contributed by atoms with Crippen LogP contribution >= 0.6 is 12.4 Å². The van der Waals surface area contributed by atoms with E-state index in [0.29, 0.717) is 16.8 Å². The van der Waals surface area contributed by atoms with E-state index in [-0.39, 0.29) is 30.0 Å². The van der Waals surface area contributed by atoms with Gasteiger partial charge in [0, 0.05) is 11.6 Å². The Morgan fingerprint density at radius 1 is 1.17 bits per heavy atom. The van der Waals surface area contributed by atoms with Gasteiger partial charge in [0.2, 0.25) is 0 Å². The number of nitrogens with one attached hydrogen (secondary N) is 2. The van der Waals surface area contributed by atoms with Crippen LogP contribution in [0.25, 0.3) is 5.69 Å². The molecule has 1 amide bonds. The van der Waals surface area contributed by atoms with Gasteiger partial charge in [0.15, 0.2) is 0 Å². The fourth-order valence-corrected chi connectivity index (χ4v) is 3.86. The highest BCUT2D eigenvalue weighted by atomic mass is 35.5. The Morgan fingerprint density at radius 2 is 1.93 bits per heavy atom. The maximum Gasteiger partial charge on any atom is 0.259 e. The van der Waals surface area contributed by atoms with Crippen molar-refractivity contribution in [3.8, 4) is 5.69 Å². The molecule has 158 valence electrons. The fraction of sp³-hybridized carbons (Fsp3) is 0.304. The highest BCUT2D eigenvalue weighted by Crippen LogP contribution is 2.31. The lowest BCUT2D eigenvalue weighted by atomic mass is 9.91. The molecule has 2 aromatic carbocycles. The van der Waals surface area contributed by atoms with Crippen LogP contribution in [0.1, 0.15) is 45.9 Å². The second kappa shape index (κ2) is 9.41. The number of benzene rings is 2. The van der Waals surface area contributed by atoms with Crippen molar-refractivity contribution in [1.82, 2.24) is 15.1 Å². The van der Waals surface area contributed by atoms with Gasteiger partial charge in [-0.2, -0.15) is 5.10 Å². The summed E-state index contributed by atoms with van der Waals surface area (Å²) < 4.78 is 15.8. The Labute approximate surface area is 182 Å². The van der Waals surface area contributed by atoms with Crippen LogP contribution in [-0.2, 0) is 0 Å². The van der Waals surface area contributed by atoms with E-state index >= 15 is 0 Å². The van der Waals surface area contributed by atoms with Crippen LogP contribution < -0.4 is 10.6 Å². The molecule has 5 nitrogen and oxygen atoms in total. The third-order valence-electron chi connectivity index (χ3n) is 5.45. The number of nitrogens with zero attached hydrogens (tertiary/aromatic N) is 2. The summed E-state index contributed by atoms with van der Waals surface area (Å²) in [7, 11) is 0. The molecule has 1 aliphatic rings. The molecule has 4 rings (SSSR count). The van der Waals surface area contributed by atoms with Crippen molar-refractivity contribution in [2.24, 2.45) is 0 Å². The minimum absolute atomic E-state index is 0. The van der Waals surface area contributed by atoms with Crippen molar-refractivity contribution < 1.29 is 9.18 Å². The lowest BCUT2D eigenvalue weighted by Gasteiger charge is -2.24. The highest BCUT2D eigenvalue weighted by molar-refractivity contribution is 6.05. The lowest BCUT2D eigenvalue weighted by Crippen LogP contribution is -2.29. The van der Waals surface area contributed by atoms with Crippen LogP contribution in [0, 0.1) is 19.7 Å². The minimum Gasteiger partial charge on any atom is -0.322 e. The molecule has 0 spiro atoms. The summed E-state index contributed by atoms with van der Waals surface area (Å²) in [6.45, 7) is 5.56. The molecule has 0 radical (unpaired) electrons. The predicted molar refractivity (Wildman–Crippen MR) is 119 cm³/mol. The van der Waals surface area contributed by atoms with Gasteiger partial charge >= 0.3 is 0 Å². The lowest BCUT2D eigenvalue weighted by molar-refractivity contribution is 0.102. The summed E-state index contributed by atoms with van der Waals surface area (Å²) in [6.07, 6.45) is 3.51. The summed E-state index contributed by atoms with van der Waals surface area (Å²) in [4.78, 5) is 13.1. The molecule has 0 aliphatic carbocycles. The van der Waals surface area contributed by atoms with E-state index in [2.05, 4.69) is 21.8 Å². The molecular weight excluding hydrogens is 403 g/mol. The SMILES string of the molecule is Cc1cccc(-n2ncc(C(=O)Nc3ccc(C)c(F)c3)c2C2CCNCC2)c1.Cl. The van der Waals surface area contributed by atoms with E-state index in [1.54, 1.807) is 25.3 Å². The van der Waals surface area contributed by atoms with E-state index in [4.69, 9.17) is 0 Å². The maximum atomic E-state index is 13.9. The van der Waals surface area contributed by atoms with Crippen molar-refractivity contribution in [3.05, 3.63) is 76.9 Å². The summed E-state index contributed by atoms with van der Waals surface area (Å²) >= 11 is 0. The number of carbonyl (C=O) groups is 1. The zero-order chi connectivity index (χ0) is 20.4. The first kappa shape index (κ1) is 22.0. The Balaban J connectivity index is 0.00000256. The molecule has 1 saturated heterocycles. The van der Waals surface area contributed by atoms with E-state index in [1.165, 1.54) is 6.07 Å². The molecule has 2 N–H and O–H groups in total. The molecule has 0 saturated carbocycles. The molecule has 1 aliphatic heterocycles. The summed E-state index contributed by atoms with van der Waals surface area (Å²) in [5.74, 6) is -0.368. The number of rotatable bonds is 4. The van der Waals surface area contributed by atoms with Gasteiger partial charge in [0.25, 0.3) is 5.91 Å². The van der Waals surface area contributed by atoms with Gasteiger partial charge in [-0.3, -0.25) is 4.79 Å². The standard InChI is InChI=1S/C23H25FN4O.ClH/c1-15-4-3-5-19(12-15)28-22(17-8-10-25-11-9-17)20(14-26-28)23(29)27-18-7-6-16(2)21(24)13-18;/h3-7,12-14,17,25H,8-11H2,1-2H3,(H,27,29);1H. The molecule has 0 atom stereocenters. The van der Waals surface area contributed by atoms with Gasteiger partial charge in [-0.05, 0) is 75.2 Å². The largest absolute Gasteiger partial charge is 0.322 e. The van der Waals surface area contributed by atoms with Gasteiger partial charge in [0.05, 0.1) is 23.1 Å². The van der Waals surface area contributed by atoms with Crippen molar-refractivity contribution in [1.29, 1.82) is 0 Å². The van der Waals surface area contributed by atoms with Gasteiger partial charge in [-0.15, -0.1) is 12.4 Å². The first-order chi connectivity index (χ1) is 14.0. The van der Waals surface area contributed by atoms with E-state index in [0.717, 1.165) is 42.9 Å². The van der Waals surface area contributed by atoms with Crippen LogP contribution in [-0.4, -0.2) is 28.8 Å². The normalized spacial score (nSPS) is 14.2. The van der Waals surface area contributed by atoms with Crippen LogP contribution in [0.2, 0.25) is 0 Å². The van der Waals surface area contributed by atoms with Crippen molar-refractivity contribution in [2.45, 2.75) is 32.6 Å². The number of aryl methyl sites for hydroxylation is 2. The summed E-state index contributed by atoms with van der Waals surface area (Å²) in [5.41, 5.74) is 4.53. The quantitative estimate of drug-likeness (QED) is 0.629. The third-order valence-corrected chi connectivity index (χ3v) is 5.45. The second-order valence-corrected chi connectivity index (χ2v) is 7.64. The molecular formula is C23H26ClFN4O. The van der Waals surface area contributed by atoms with Crippen molar-refractivity contribution in [3.63, 3.8) is 0 Å². The Hall–Kier alpha value is -2.70.